The van der Waals surface area contributed by atoms with Crippen molar-refractivity contribution in [2.24, 2.45) is 27.7 Å². The summed E-state index contributed by atoms with van der Waals surface area (Å²) in [5, 5.41) is 1.55. The lowest BCUT2D eigenvalue weighted by Gasteiger charge is -2.39. The number of alkyl halides is 1. The number of aromatic amines is 1. The summed E-state index contributed by atoms with van der Waals surface area (Å²) in [5.74, 6) is 7.97. The third-order valence-electron chi connectivity index (χ3n) is 5.63. The molecule has 7 heteroatoms. The molecule has 3 aliphatic rings. The normalized spacial score (nSPS) is 29.3. The van der Waals surface area contributed by atoms with E-state index in [1.165, 1.54) is 0 Å². The van der Waals surface area contributed by atoms with Crippen molar-refractivity contribution in [2.45, 2.75) is 31.9 Å². The minimum Gasteiger partial charge on any atom is -0.346 e. The lowest BCUT2D eigenvalue weighted by molar-refractivity contribution is 0.0440. The molecule has 0 atom stereocenters. The molecule has 4 rings (SSSR count). The van der Waals surface area contributed by atoms with Gasteiger partial charge in [0.1, 0.15) is 18.3 Å². The van der Waals surface area contributed by atoms with E-state index in [0.717, 1.165) is 55.0 Å². The molecule has 0 bridgehead atoms. The SMILES string of the molecule is C=N/C(=C1/c2cc[nH]c2N=CN1N)C1CCC(CN2CC(F)C2)CC1. The molecule has 2 fully saturated rings. The topological polar surface area (TPSA) is 73.0 Å². The summed E-state index contributed by atoms with van der Waals surface area (Å²) in [6.45, 7) is 6.06. The Morgan fingerprint density at radius 2 is 2.12 bits per heavy atom. The third kappa shape index (κ3) is 3.14. The van der Waals surface area contributed by atoms with Crippen molar-refractivity contribution in [3.8, 4) is 0 Å². The number of halogens is 1. The first-order valence-corrected chi connectivity index (χ1v) is 8.99. The summed E-state index contributed by atoms with van der Waals surface area (Å²) in [6.07, 6.45) is 7.29. The molecule has 2 aliphatic heterocycles. The molecule has 3 heterocycles. The molecule has 1 aliphatic carbocycles. The standard InChI is InChI=1S/C18H25FN6/c1-21-16(17-15-6-7-22-18(15)23-11-25(17)20)13-4-2-12(3-5-13)8-24-9-14(19)10-24/h6-7,11-14,22H,1-5,8-10,20H2/b17-16-. The van der Waals surface area contributed by atoms with E-state index in [1.54, 1.807) is 11.3 Å². The second kappa shape index (κ2) is 6.72. The monoisotopic (exact) mass is 344 g/mol. The molecule has 134 valence electrons. The van der Waals surface area contributed by atoms with Crippen LogP contribution in [-0.2, 0) is 0 Å². The van der Waals surface area contributed by atoms with Crippen molar-refractivity contribution < 1.29 is 4.39 Å². The number of aliphatic imine (C=N–C) groups is 2. The van der Waals surface area contributed by atoms with Gasteiger partial charge in [0.05, 0.1) is 11.4 Å². The smallest absolute Gasteiger partial charge is 0.141 e. The van der Waals surface area contributed by atoms with Crippen LogP contribution in [0.4, 0.5) is 10.2 Å². The number of hydrogen-bond acceptors (Lipinski definition) is 5. The highest BCUT2D eigenvalue weighted by molar-refractivity contribution is 5.87. The number of nitrogens with two attached hydrogens (primary N) is 1. The van der Waals surface area contributed by atoms with Crippen molar-refractivity contribution in [1.82, 2.24) is 14.9 Å². The number of likely N-dealkylation sites (tertiary alicyclic amines) is 1. The number of fused-ring (bicyclic) bond motifs is 1. The zero-order chi connectivity index (χ0) is 17.4. The van der Waals surface area contributed by atoms with Crippen LogP contribution in [0.2, 0.25) is 0 Å². The molecule has 0 unspecified atom stereocenters. The Morgan fingerprint density at radius 3 is 2.80 bits per heavy atom. The van der Waals surface area contributed by atoms with Gasteiger partial charge in [0.15, 0.2) is 0 Å². The van der Waals surface area contributed by atoms with Crippen LogP contribution in [0.5, 0.6) is 0 Å². The number of hydrogen-bond donors (Lipinski definition) is 2. The lowest BCUT2D eigenvalue weighted by Crippen LogP contribution is -2.50. The molecule has 1 aromatic rings. The third-order valence-corrected chi connectivity index (χ3v) is 5.63. The zero-order valence-electron chi connectivity index (χ0n) is 14.4. The Morgan fingerprint density at radius 1 is 1.36 bits per heavy atom. The molecule has 1 saturated heterocycles. The van der Waals surface area contributed by atoms with E-state index >= 15 is 0 Å². The fourth-order valence-corrected chi connectivity index (χ4v) is 4.28. The second-order valence-electron chi connectivity index (χ2n) is 7.32. The largest absolute Gasteiger partial charge is 0.346 e. The summed E-state index contributed by atoms with van der Waals surface area (Å²) >= 11 is 0. The van der Waals surface area contributed by atoms with E-state index in [0.29, 0.717) is 24.9 Å². The van der Waals surface area contributed by atoms with Crippen LogP contribution in [0, 0.1) is 11.8 Å². The molecule has 3 N–H and O–H groups in total. The average Bonchev–Trinajstić information content (AvgIpc) is 3.06. The van der Waals surface area contributed by atoms with Crippen LogP contribution in [0.25, 0.3) is 5.70 Å². The zero-order valence-corrected chi connectivity index (χ0v) is 14.4. The molecule has 25 heavy (non-hydrogen) atoms. The van der Waals surface area contributed by atoms with Gasteiger partial charge in [-0.25, -0.2) is 15.2 Å². The number of H-pyrrole nitrogens is 1. The molecule has 1 saturated carbocycles. The van der Waals surface area contributed by atoms with Crippen LogP contribution in [0.3, 0.4) is 0 Å². The first-order valence-electron chi connectivity index (χ1n) is 8.99. The highest BCUT2D eigenvalue weighted by atomic mass is 19.1. The van der Waals surface area contributed by atoms with E-state index in [2.05, 4.69) is 26.6 Å². The summed E-state index contributed by atoms with van der Waals surface area (Å²) in [4.78, 5) is 14.0. The summed E-state index contributed by atoms with van der Waals surface area (Å²) in [5.41, 5.74) is 2.83. The molecular weight excluding hydrogens is 319 g/mol. The van der Waals surface area contributed by atoms with E-state index in [4.69, 9.17) is 5.84 Å². The van der Waals surface area contributed by atoms with Gasteiger partial charge in [0, 0.05) is 37.3 Å². The Kier molecular flexibility index (Phi) is 4.43. The van der Waals surface area contributed by atoms with Gasteiger partial charge in [-0.3, -0.25) is 14.9 Å². The molecule has 0 spiro atoms. The van der Waals surface area contributed by atoms with Gasteiger partial charge in [-0.1, -0.05) is 0 Å². The van der Waals surface area contributed by atoms with Crippen molar-refractivity contribution in [3.63, 3.8) is 0 Å². The van der Waals surface area contributed by atoms with Crippen molar-refractivity contribution in [2.75, 3.05) is 19.6 Å². The predicted molar refractivity (Wildman–Crippen MR) is 98.2 cm³/mol. The Balaban J connectivity index is 1.47. The van der Waals surface area contributed by atoms with Crippen molar-refractivity contribution >= 4 is 24.6 Å². The first-order chi connectivity index (χ1) is 12.2. The van der Waals surface area contributed by atoms with Crippen molar-refractivity contribution in [3.05, 3.63) is 23.5 Å². The molecular formula is C18H25FN6. The van der Waals surface area contributed by atoms with E-state index in [1.807, 2.05) is 12.3 Å². The quantitative estimate of drug-likeness (QED) is 0.651. The van der Waals surface area contributed by atoms with Gasteiger partial charge in [0.2, 0.25) is 0 Å². The Labute approximate surface area is 147 Å². The first kappa shape index (κ1) is 16.5. The molecule has 0 aromatic carbocycles. The molecule has 1 aromatic heterocycles. The van der Waals surface area contributed by atoms with E-state index in [9.17, 15) is 4.39 Å². The maximum absolute atomic E-state index is 13.0. The van der Waals surface area contributed by atoms with Gasteiger partial charge in [0.25, 0.3) is 0 Å². The number of hydrazine groups is 1. The minimum atomic E-state index is -0.614. The number of allylic oxidation sites excluding steroid dienone is 1. The summed E-state index contributed by atoms with van der Waals surface area (Å²) in [6, 6.07) is 1.98. The van der Waals surface area contributed by atoms with Crippen LogP contribution in [0.15, 0.2) is 27.9 Å². The summed E-state index contributed by atoms with van der Waals surface area (Å²) < 4.78 is 13.0. The van der Waals surface area contributed by atoms with Gasteiger partial charge < -0.3 is 4.98 Å². The second-order valence-corrected chi connectivity index (χ2v) is 7.32. The van der Waals surface area contributed by atoms with Crippen LogP contribution < -0.4 is 5.84 Å². The van der Waals surface area contributed by atoms with Crippen LogP contribution in [0.1, 0.15) is 31.2 Å². The maximum atomic E-state index is 13.0. The van der Waals surface area contributed by atoms with Crippen molar-refractivity contribution in [1.29, 1.82) is 0 Å². The maximum Gasteiger partial charge on any atom is 0.141 e. The molecule has 0 radical (unpaired) electrons. The highest BCUT2D eigenvalue weighted by Gasteiger charge is 2.32. The van der Waals surface area contributed by atoms with Gasteiger partial charge in [-0.2, -0.15) is 0 Å². The van der Waals surface area contributed by atoms with Gasteiger partial charge in [-0.15, -0.1) is 0 Å². The number of rotatable bonds is 4. The van der Waals surface area contributed by atoms with E-state index in [-0.39, 0.29) is 0 Å². The fraction of sp³-hybridized carbons (Fsp3) is 0.556. The Hall–Kier alpha value is -1.99. The minimum absolute atomic E-state index is 0.356. The number of nitrogens with one attached hydrogen (secondary N) is 1. The number of aromatic nitrogens is 1. The van der Waals surface area contributed by atoms with Crippen LogP contribution in [-0.4, -0.2) is 53.8 Å². The lowest BCUT2D eigenvalue weighted by atomic mass is 9.79. The van der Waals surface area contributed by atoms with E-state index < -0.39 is 6.17 Å². The fourth-order valence-electron chi connectivity index (χ4n) is 4.28. The average molecular weight is 344 g/mol. The predicted octanol–water partition coefficient (Wildman–Crippen LogP) is 2.69. The Bertz CT molecular complexity index is 694. The molecule has 0 amide bonds. The number of nitrogens with zero attached hydrogens (tertiary/aromatic N) is 4. The molecule has 6 nitrogen and oxygen atoms in total. The summed E-state index contributed by atoms with van der Waals surface area (Å²) in [7, 11) is 0. The highest BCUT2D eigenvalue weighted by Crippen LogP contribution is 2.40. The van der Waals surface area contributed by atoms with Gasteiger partial charge >= 0.3 is 0 Å². The van der Waals surface area contributed by atoms with Crippen LogP contribution >= 0.6 is 0 Å². The van der Waals surface area contributed by atoms with Gasteiger partial charge in [-0.05, 0) is 44.4 Å².